The van der Waals surface area contributed by atoms with Crippen LogP contribution < -0.4 is 4.74 Å². The fourth-order valence-corrected chi connectivity index (χ4v) is 0.820. The average Bonchev–Trinajstić information content (AvgIpc) is 2.59. The molecule has 0 aliphatic rings. The second-order valence-electron chi connectivity index (χ2n) is 2.19. The summed E-state index contributed by atoms with van der Waals surface area (Å²) >= 11 is 0. The van der Waals surface area contributed by atoms with Crippen LogP contribution in [0, 0.1) is 0 Å². The number of pyridine rings is 1. The van der Waals surface area contributed by atoms with Crippen molar-refractivity contribution in [1.82, 2.24) is 15.2 Å². The molecule has 2 aromatic rings. The van der Waals surface area contributed by atoms with Gasteiger partial charge in [-0.05, 0) is 6.07 Å². The van der Waals surface area contributed by atoms with Gasteiger partial charge in [0.25, 0.3) is 0 Å². The van der Waals surface area contributed by atoms with Gasteiger partial charge in [-0.3, -0.25) is 0 Å². The molecule has 4 nitrogen and oxygen atoms in total. The second kappa shape index (κ2) is 3.04. The molecule has 0 aliphatic heterocycles. The standard InChI is InChI=1S/C8H7N3O/c1-2-5-9-7(3-1)12-8-4-6-10-11-8/h1-6H,(H,10,11). The van der Waals surface area contributed by atoms with Gasteiger partial charge in [0.1, 0.15) is 0 Å². The molecule has 0 bridgehead atoms. The SMILES string of the molecule is c1ccc(Oc2ccn[nH]2)nc1. The molecule has 0 aromatic carbocycles. The van der Waals surface area contributed by atoms with Crippen LogP contribution in [0.1, 0.15) is 0 Å². The largest absolute Gasteiger partial charge is 0.421 e. The second-order valence-corrected chi connectivity index (χ2v) is 2.19. The zero-order valence-electron chi connectivity index (χ0n) is 6.27. The summed E-state index contributed by atoms with van der Waals surface area (Å²) in [5, 5.41) is 6.41. The molecule has 0 atom stereocenters. The van der Waals surface area contributed by atoms with Gasteiger partial charge in [0.15, 0.2) is 0 Å². The van der Waals surface area contributed by atoms with Gasteiger partial charge < -0.3 is 4.74 Å². The summed E-state index contributed by atoms with van der Waals surface area (Å²) in [6, 6.07) is 7.20. The summed E-state index contributed by atoms with van der Waals surface area (Å²) in [6.07, 6.45) is 3.30. The third-order valence-electron chi connectivity index (χ3n) is 1.33. The fourth-order valence-electron chi connectivity index (χ4n) is 0.820. The Hall–Kier alpha value is -1.84. The van der Waals surface area contributed by atoms with Gasteiger partial charge in [0.05, 0.1) is 6.20 Å². The third kappa shape index (κ3) is 1.42. The topological polar surface area (TPSA) is 50.8 Å². The lowest BCUT2D eigenvalue weighted by Gasteiger charge is -1.98. The molecule has 4 heteroatoms. The molecule has 2 heterocycles. The highest BCUT2D eigenvalue weighted by Crippen LogP contribution is 2.13. The Balaban J connectivity index is 2.15. The van der Waals surface area contributed by atoms with Crippen molar-refractivity contribution < 1.29 is 4.74 Å². The Morgan fingerprint density at radius 2 is 2.17 bits per heavy atom. The molecule has 1 N–H and O–H groups in total. The van der Waals surface area contributed by atoms with E-state index in [9.17, 15) is 0 Å². The van der Waals surface area contributed by atoms with Crippen LogP contribution in [-0.4, -0.2) is 15.2 Å². The van der Waals surface area contributed by atoms with Crippen LogP contribution in [0.4, 0.5) is 0 Å². The first-order chi connectivity index (χ1) is 5.95. The minimum Gasteiger partial charge on any atom is -0.421 e. The predicted molar refractivity (Wildman–Crippen MR) is 42.9 cm³/mol. The van der Waals surface area contributed by atoms with Crippen molar-refractivity contribution in [2.24, 2.45) is 0 Å². The van der Waals surface area contributed by atoms with E-state index in [0.717, 1.165) is 0 Å². The number of aromatic nitrogens is 3. The minimum absolute atomic E-state index is 0.557. The van der Waals surface area contributed by atoms with Gasteiger partial charge in [0, 0.05) is 18.3 Å². The maximum absolute atomic E-state index is 5.29. The number of nitrogens with zero attached hydrogens (tertiary/aromatic N) is 2. The molecule has 60 valence electrons. The molecule has 0 unspecified atom stereocenters. The zero-order valence-corrected chi connectivity index (χ0v) is 6.27. The minimum atomic E-state index is 0.557. The first-order valence-corrected chi connectivity index (χ1v) is 3.53. The first kappa shape index (κ1) is 6.84. The normalized spacial score (nSPS) is 9.67. The van der Waals surface area contributed by atoms with E-state index >= 15 is 0 Å². The van der Waals surface area contributed by atoms with Crippen LogP contribution in [0.3, 0.4) is 0 Å². The number of H-pyrrole nitrogens is 1. The molecule has 2 aromatic heterocycles. The molecule has 0 amide bonds. The van der Waals surface area contributed by atoms with Crippen molar-refractivity contribution in [3.63, 3.8) is 0 Å². The van der Waals surface area contributed by atoms with Crippen molar-refractivity contribution >= 4 is 0 Å². The van der Waals surface area contributed by atoms with E-state index in [1.54, 1.807) is 24.5 Å². The van der Waals surface area contributed by atoms with Gasteiger partial charge in [-0.1, -0.05) is 6.07 Å². The Labute approximate surface area is 69.2 Å². The van der Waals surface area contributed by atoms with Crippen LogP contribution in [0.5, 0.6) is 11.8 Å². The molecule has 0 saturated carbocycles. The Kier molecular flexibility index (Phi) is 1.74. The van der Waals surface area contributed by atoms with Crippen LogP contribution in [0.2, 0.25) is 0 Å². The monoisotopic (exact) mass is 161 g/mol. The molecule has 0 aliphatic carbocycles. The molecular formula is C8H7N3O. The highest BCUT2D eigenvalue weighted by molar-refractivity contribution is 5.17. The average molecular weight is 161 g/mol. The van der Waals surface area contributed by atoms with Crippen LogP contribution in [-0.2, 0) is 0 Å². The van der Waals surface area contributed by atoms with Gasteiger partial charge in [-0.2, -0.15) is 5.10 Å². The van der Waals surface area contributed by atoms with Gasteiger partial charge in [-0.25, -0.2) is 10.1 Å². The fraction of sp³-hybridized carbons (Fsp3) is 0. The summed E-state index contributed by atoms with van der Waals surface area (Å²) in [6.45, 7) is 0. The molecule has 0 spiro atoms. The summed E-state index contributed by atoms with van der Waals surface area (Å²) in [5.41, 5.74) is 0. The van der Waals surface area contributed by atoms with Crippen molar-refractivity contribution in [1.29, 1.82) is 0 Å². The van der Waals surface area contributed by atoms with Gasteiger partial charge in [-0.15, -0.1) is 0 Å². The Morgan fingerprint density at radius 3 is 2.83 bits per heavy atom. The van der Waals surface area contributed by atoms with E-state index in [0.29, 0.717) is 11.8 Å². The lowest BCUT2D eigenvalue weighted by atomic mass is 10.5. The van der Waals surface area contributed by atoms with Crippen molar-refractivity contribution in [2.75, 3.05) is 0 Å². The quantitative estimate of drug-likeness (QED) is 0.727. The van der Waals surface area contributed by atoms with Crippen molar-refractivity contribution in [3.05, 3.63) is 36.7 Å². The molecule has 12 heavy (non-hydrogen) atoms. The molecule has 2 rings (SSSR count). The van der Waals surface area contributed by atoms with E-state index < -0.39 is 0 Å². The van der Waals surface area contributed by atoms with E-state index in [4.69, 9.17) is 4.74 Å². The first-order valence-electron chi connectivity index (χ1n) is 3.53. The summed E-state index contributed by atoms with van der Waals surface area (Å²) < 4.78 is 5.29. The molecule has 0 radical (unpaired) electrons. The van der Waals surface area contributed by atoms with Gasteiger partial charge >= 0.3 is 0 Å². The van der Waals surface area contributed by atoms with E-state index in [-0.39, 0.29) is 0 Å². The maximum atomic E-state index is 5.29. The van der Waals surface area contributed by atoms with E-state index in [2.05, 4.69) is 15.2 Å². The highest BCUT2D eigenvalue weighted by atomic mass is 16.5. The molecule has 0 saturated heterocycles. The lowest BCUT2D eigenvalue weighted by molar-refractivity contribution is 0.443. The number of hydrogen-bond donors (Lipinski definition) is 1. The summed E-state index contributed by atoms with van der Waals surface area (Å²) in [4.78, 5) is 3.98. The van der Waals surface area contributed by atoms with Crippen molar-refractivity contribution in [2.45, 2.75) is 0 Å². The van der Waals surface area contributed by atoms with Crippen molar-refractivity contribution in [3.8, 4) is 11.8 Å². The molecule has 0 fully saturated rings. The Morgan fingerprint density at radius 1 is 1.17 bits per heavy atom. The third-order valence-corrected chi connectivity index (χ3v) is 1.33. The van der Waals surface area contributed by atoms with Crippen LogP contribution >= 0.6 is 0 Å². The Bertz CT molecular complexity index is 330. The molecular weight excluding hydrogens is 154 g/mol. The maximum Gasteiger partial charge on any atom is 0.221 e. The summed E-state index contributed by atoms with van der Waals surface area (Å²) in [7, 11) is 0. The van der Waals surface area contributed by atoms with E-state index in [1.807, 2.05) is 12.1 Å². The highest BCUT2D eigenvalue weighted by Gasteiger charge is 1.95. The predicted octanol–water partition coefficient (Wildman–Crippen LogP) is 1.60. The van der Waals surface area contributed by atoms with Crippen LogP contribution in [0.15, 0.2) is 36.7 Å². The number of aromatic amines is 1. The number of rotatable bonds is 2. The number of hydrogen-bond acceptors (Lipinski definition) is 3. The van der Waals surface area contributed by atoms with E-state index in [1.165, 1.54) is 0 Å². The number of nitrogens with one attached hydrogen (secondary N) is 1. The van der Waals surface area contributed by atoms with Crippen LogP contribution in [0.25, 0.3) is 0 Å². The smallest absolute Gasteiger partial charge is 0.221 e. The lowest BCUT2D eigenvalue weighted by Crippen LogP contribution is -1.86. The van der Waals surface area contributed by atoms with Gasteiger partial charge in [0.2, 0.25) is 11.8 Å². The summed E-state index contributed by atoms with van der Waals surface area (Å²) in [5.74, 6) is 1.15. The number of ether oxygens (including phenoxy) is 1. The zero-order chi connectivity index (χ0) is 8.23.